The van der Waals surface area contributed by atoms with Gasteiger partial charge in [-0.1, -0.05) is 0 Å². The third-order valence-corrected chi connectivity index (χ3v) is 3.63. The van der Waals surface area contributed by atoms with Crippen molar-refractivity contribution in [3.05, 3.63) is 34.7 Å². The lowest BCUT2D eigenvalue weighted by atomic mass is 10.0. The number of phenolic OH excluding ortho intramolecular Hbond substituents is 1. The van der Waals surface area contributed by atoms with Crippen molar-refractivity contribution in [1.82, 2.24) is 0 Å². The molecule has 24 heavy (non-hydrogen) atoms. The topological polar surface area (TPSA) is 147 Å². The van der Waals surface area contributed by atoms with Gasteiger partial charge in [0.25, 0.3) is 0 Å². The second-order valence-electron chi connectivity index (χ2n) is 5.25. The summed E-state index contributed by atoms with van der Waals surface area (Å²) in [5, 5.41) is 38.9. The SMILES string of the molecule is O=C1[C@@H](O)[C@H](Oc2cc3oc(=O)ccc3cc2O)O[C@H](CO)[C@H]1O. The largest absolute Gasteiger partial charge is 0.504 e. The number of carbonyl (C=O) groups excluding carboxylic acids is 1. The number of aliphatic hydroxyl groups excluding tert-OH is 3. The number of aliphatic hydroxyl groups is 3. The zero-order chi connectivity index (χ0) is 17.4. The molecule has 9 heteroatoms. The second-order valence-corrected chi connectivity index (χ2v) is 5.25. The molecule has 0 bridgehead atoms. The van der Waals surface area contributed by atoms with Crippen LogP contribution in [0.5, 0.6) is 11.5 Å². The van der Waals surface area contributed by atoms with E-state index >= 15 is 0 Å². The standard InChI is InChI=1S/C15H14O9/c16-5-10-12(19)13(20)14(21)15(24-10)23-9-4-8-6(3-7(9)17)1-2-11(18)22-8/h1-4,10,12,14-17,19,21H,5H2/t10-,12-,14-,15-/m1/s1. The summed E-state index contributed by atoms with van der Waals surface area (Å²) in [6.45, 7) is -0.669. The smallest absolute Gasteiger partial charge is 0.336 e. The molecule has 1 aliphatic rings. The van der Waals surface area contributed by atoms with E-state index in [4.69, 9.17) is 19.0 Å². The van der Waals surface area contributed by atoms with Gasteiger partial charge in [0.2, 0.25) is 6.29 Å². The van der Waals surface area contributed by atoms with Gasteiger partial charge >= 0.3 is 5.63 Å². The van der Waals surface area contributed by atoms with E-state index in [9.17, 15) is 24.9 Å². The Hall–Kier alpha value is -2.46. The van der Waals surface area contributed by atoms with E-state index in [0.717, 1.165) is 0 Å². The van der Waals surface area contributed by atoms with Gasteiger partial charge in [0, 0.05) is 17.5 Å². The van der Waals surface area contributed by atoms with Crippen LogP contribution in [-0.2, 0) is 9.53 Å². The minimum absolute atomic E-state index is 0.116. The number of benzene rings is 1. The average molecular weight is 338 g/mol. The second kappa shape index (κ2) is 6.21. The van der Waals surface area contributed by atoms with Gasteiger partial charge in [0.1, 0.15) is 17.8 Å². The summed E-state index contributed by atoms with van der Waals surface area (Å²) < 4.78 is 15.4. The molecule has 0 saturated carbocycles. The van der Waals surface area contributed by atoms with E-state index in [1.54, 1.807) is 0 Å². The van der Waals surface area contributed by atoms with Gasteiger partial charge in [0.05, 0.1) is 6.61 Å². The van der Waals surface area contributed by atoms with Gasteiger partial charge < -0.3 is 34.3 Å². The maximum atomic E-state index is 11.7. The summed E-state index contributed by atoms with van der Waals surface area (Å²) in [7, 11) is 0. The van der Waals surface area contributed by atoms with Crippen LogP contribution in [0.2, 0.25) is 0 Å². The molecular formula is C15H14O9. The van der Waals surface area contributed by atoms with E-state index < -0.39 is 42.6 Å². The number of carbonyl (C=O) groups is 1. The number of fused-ring (bicyclic) bond motifs is 1. The zero-order valence-corrected chi connectivity index (χ0v) is 12.2. The van der Waals surface area contributed by atoms with Crippen molar-refractivity contribution in [1.29, 1.82) is 0 Å². The van der Waals surface area contributed by atoms with Gasteiger partial charge in [-0.25, -0.2) is 4.79 Å². The van der Waals surface area contributed by atoms with E-state index in [-0.39, 0.29) is 17.1 Å². The third kappa shape index (κ3) is 2.85. The van der Waals surface area contributed by atoms with Crippen LogP contribution in [0, 0.1) is 0 Å². The van der Waals surface area contributed by atoms with E-state index in [2.05, 4.69) is 0 Å². The minimum atomic E-state index is -1.82. The number of Topliss-reactive ketones (excluding diaryl/α,β-unsaturated/α-hetero) is 1. The Kier molecular flexibility index (Phi) is 4.24. The molecule has 1 fully saturated rings. The molecule has 1 aromatic carbocycles. The van der Waals surface area contributed by atoms with Crippen LogP contribution >= 0.6 is 0 Å². The van der Waals surface area contributed by atoms with Crippen LogP contribution in [-0.4, -0.2) is 57.4 Å². The predicted octanol–water partition coefficient (Wildman–Crippen LogP) is -1.11. The summed E-state index contributed by atoms with van der Waals surface area (Å²) >= 11 is 0. The van der Waals surface area contributed by atoms with Gasteiger partial charge in [-0.05, 0) is 12.1 Å². The first-order valence-corrected chi connectivity index (χ1v) is 7.00. The molecule has 9 nitrogen and oxygen atoms in total. The molecule has 3 rings (SSSR count). The Morgan fingerprint density at radius 1 is 1.12 bits per heavy atom. The molecule has 4 atom stereocenters. The monoisotopic (exact) mass is 338 g/mol. The molecular weight excluding hydrogens is 324 g/mol. The fraction of sp³-hybridized carbons (Fsp3) is 0.333. The molecule has 1 aromatic heterocycles. The van der Waals surface area contributed by atoms with E-state index in [1.807, 2.05) is 0 Å². The Bertz CT molecular complexity index is 827. The van der Waals surface area contributed by atoms with Gasteiger partial charge in [-0.2, -0.15) is 0 Å². The maximum Gasteiger partial charge on any atom is 0.336 e. The number of ether oxygens (including phenoxy) is 2. The summed E-state index contributed by atoms with van der Waals surface area (Å²) in [6.07, 6.45) is -6.34. The molecule has 4 N–H and O–H groups in total. The fourth-order valence-electron chi connectivity index (χ4n) is 2.35. The molecule has 1 aliphatic heterocycles. The van der Waals surface area contributed by atoms with Crippen LogP contribution < -0.4 is 10.4 Å². The van der Waals surface area contributed by atoms with Crippen molar-refractivity contribution in [2.24, 2.45) is 0 Å². The predicted molar refractivity (Wildman–Crippen MR) is 77.5 cm³/mol. The Morgan fingerprint density at radius 3 is 2.58 bits per heavy atom. The number of hydrogen-bond donors (Lipinski definition) is 4. The fourth-order valence-corrected chi connectivity index (χ4v) is 2.35. The number of aromatic hydroxyl groups is 1. The van der Waals surface area contributed by atoms with Gasteiger partial charge in [-0.15, -0.1) is 0 Å². The molecule has 0 aliphatic carbocycles. The highest BCUT2D eigenvalue weighted by molar-refractivity contribution is 5.88. The maximum absolute atomic E-state index is 11.7. The van der Waals surface area contributed by atoms with E-state index in [1.165, 1.54) is 24.3 Å². The molecule has 1 saturated heterocycles. The molecule has 2 aromatic rings. The van der Waals surface area contributed by atoms with Crippen LogP contribution in [0.15, 0.2) is 33.5 Å². The quantitative estimate of drug-likeness (QED) is 0.511. The summed E-state index contributed by atoms with van der Waals surface area (Å²) in [5.74, 6) is -1.52. The molecule has 0 spiro atoms. The first-order chi connectivity index (χ1) is 11.4. The number of hydrogen-bond acceptors (Lipinski definition) is 9. The van der Waals surface area contributed by atoms with Crippen molar-refractivity contribution in [2.75, 3.05) is 6.61 Å². The lowest BCUT2D eigenvalue weighted by Gasteiger charge is -2.35. The molecule has 0 radical (unpaired) electrons. The number of phenols is 1. The van der Waals surface area contributed by atoms with Crippen LogP contribution in [0.3, 0.4) is 0 Å². The van der Waals surface area contributed by atoms with Gasteiger partial charge in [0.15, 0.2) is 23.4 Å². The highest BCUT2D eigenvalue weighted by atomic mass is 16.7. The highest BCUT2D eigenvalue weighted by Gasteiger charge is 2.44. The Labute approximate surface area is 134 Å². The number of rotatable bonds is 3. The van der Waals surface area contributed by atoms with Crippen LogP contribution in [0.1, 0.15) is 0 Å². The van der Waals surface area contributed by atoms with Crippen molar-refractivity contribution in [3.63, 3.8) is 0 Å². The minimum Gasteiger partial charge on any atom is -0.504 e. The van der Waals surface area contributed by atoms with Crippen molar-refractivity contribution < 1.29 is 39.1 Å². The Morgan fingerprint density at radius 2 is 1.88 bits per heavy atom. The molecule has 0 unspecified atom stereocenters. The molecule has 128 valence electrons. The highest BCUT2D eigenvalue weighted by Crippen LogP contribution is 2.33. The van der Waals surface area contributed by atoms with Crippen molar-refractivity contribution in [3.8, 4) is 11.5 Å². The van der Waals surface area contributed by atoms with Crippen molar-refractivity contribution >= 4 is 16.8 Å². The summed E-state index contributed by atoms with van der Waals surface area (Å²) in [4.78, 5) is 23.0. The lowest BCUT2D eigenvalue weighted by molar-refractivity contribution is -0.229. The average Bonchev–Trinajstić information content (AvgIpc) is 2.56. The van der Waals surface area contributed by atoms with E-state index in [0.29, 0.717) is 5.39 Å². The normalized spacial score (nSPS) is 27.4. The summed E-state index contributed by atoms with van der Waals surface area (Å²) in [6, 6.07) is 5.09. The lowest BCUT2D eigenvalue weighted by Crippen LogP contribution is -2.57. The third-order valence-electron chi connectivity index (χ3n) is 3.63. The number of ketones is 1. The van der Waals surface area contributed by atoms with Gasteiger partial charge in [-0.3, -0.25) is 4.79 Å². The first-order valence-electron chi connectivity index (χ1n) is 7.00. The summed E-state index contributed by atoms with van der Waals surface area (Å²) in [5.41, 5.74) is -0.489. The van der Waals surface area contributed by atoms with Crippen LogP contribution in [0.25, 0.3) is 11.0 Å². The molecule has 0 amide bonds. The van der Waals surface area contributed by atoms with Crippen molar-refractivity contribution in [2.45, 2.75) is 24.6 Å². The zero-order valence-electron chi connectivity index (χ0n) is 12.2. The van der Waals surface area contributed by atoms with Crippen LogP contribution in [0.4, 0.5) is 0 Å². The Balaban J connectivity index is 1.92. The first kappa shape index (κ1) is 16.4. The molecule has 2 heterocycles.